The zero-order valence-corrected chi connectivity index (χ0v) is 11.7. The van der Waals surface area contributed by atoms with Crippen LogP contribution in [0, 0.1) is 0 Å². The first-order chi connectivity index (χ1) is 8.72. The molecule has 0 radical (unpaired) electrons. The summed E-state index contributed by atoms with van der Waals surface area (Å²) < 4.78 is 6.88. The monoisotopic (exact) mass is 285 g/mol. The summed E-state index contributed by atoms with van der Waals surface area (Å²) in [5.41, 5.74) is 7.10. The Morgan fingerprint density at radius 1 is 1.61 bits per heavy atom. The number of nitrogens with two attached hydrogens (primary N) is 1. The molecule has 0 aliphatic heterocycles. The van der Waals surface area contributed by atoms with Gasteiger partial charge in [0.05, 0.1) is 36.1 Å². The number of halogens is 1. The van der Waals surface area contributed by atoms with Crippen molar-refractivity contribution in [2.45, 2.75) is 19.0 Å². The van der Waals surface area contributed by atoms with Crippen LogP contribution in [0.1, 0.15) is 16.6 Å². The van der Waals surface area contributed by atoms with Crippen LogP contribution in [0.25, 0.3) is 0 Å². The minimum absolute atomic E-state index is 0.143. The summed E-state index contributed by atoms with van der Waals surface area (Å²) in [6.45, 7) is 1.26. The van der Waals surface area contributed by atoms with Crippen molar-refractivity contribution in [3.63, 3.8) is 0 Å². The van der Waals surface area contributed by atoms with E-state index >= 15 is 0 Å². The Morgan fingerprint density at radius 2 is 2.44 bits per heavy atom. The van der Waals surface area contributed by atoms with Gasteiger partial charge in [-0.25, -0.2) is 0 Å². The van der Waals surface area contributed by atoms with Crippen LogP contribution in [0.15, 0.2) is 23.7 Å². The number of hydrogen-bond donors (Lipinski definition) is 1. The predicted octanol–water partition coefficient (Wildman–Crippen LogP) is 2.49. The Hall–Kier alpha value is -0.880. The fourth-order valence-corrected chi connectivity index (χ4v) is 2.88. The molecule has 18 heavy (non-hydrogen) atoms. The lowest BCUT2D eigenvalue weighted by atomic mass is 10.1. The molecule has 2 aromatic heterocycles. The van der Waals surface area contributed by atoms with E-state index in [-0.39, 0.29) is 6.04 Å². The first-order valence-corrected chi connectivity index (χ1v) is 6.96. The van der Waals surface area contributed by atoms with Gasteiger partial charge in [-0.15, -0.1) is 11.3 Å². The van der Waals surface area contributed by atoms with Crippen LogP contribution < -0.4 is 5.73 Å². The van der Waals surface area contributed by atoms with Gasteiger partial charge in [0.25, 0.3) is 0 Å². The van der Waals surface area contributed by atoms with Crippen molar-refractivity contribution in [2.75, 3.05) is 13.7 Å². The minimum atomic E-state index is -0.143. The molecule has 2 aromatic rings. The third kappa shape index (κ3) is 3.11. The zero-order chi connectivity index (χ0) is 13.0. The standard InChI is InChI=1S/C12H16ClN3OS/c1-17-5-4-16-12(10(13)8-15-16)11(14)7-9-3-2-6-18-9/h2-3,6,8,11H,4-5,7,14H2,1H3. The van der Waals surface area contributed by atoms with E-state index in [4.69, 9.17) is 22.1 Å². The lowest BCUT2D eigenvalue weighted by Crippen LogP contribution is -2.20. The molecule has 0 aromatic carbocycles. The van der Waals surface area contributed by atoms with Gasteiger partial charge in [0, 0.05) is 18.4 Å². The summed E-state index contributed by atoms with van der Waals surface area (Å²) >= 11 is 7.86. The quantitative estimate of drug-likeness (QED) is 0.887. The maximum atomic E-state index is 6.22. The van der Waals surface area contributed by atoms with E-state index < -0.39 is 0 Å². The normalized spacial score (nSPS) is 12.8. The van der Waals surface area contributed by atoms with Crippen LogP contribution in [0.5, 0.6) is 0 Å². The SMILES string of the molecule is COCCn1ncc(Cl)c1C(N)Cc1cccs1. The van der Waals surface area contributed by atoms with Gasteiger partial charge in [-0.2, -0.15) is 5.10 Å². The summed E-state index contributed by atoms with van der Waals surface area (Å²) in [4.78, 5) is 1.25. The molecule has 1 atom stereocenters. The Balaban J connectivity index is 2.13. The van der Waals surface area contributed by atoms with E-state index in [2.05, 4.69) is 11.2 Å². The Morgan fingerprint density at radius 3 is 3.11 bits per heavy atom. The Kier molecular flexibility index (Phi) is 4.77. The molecular weight excluding hydrogens is 270 g/mol. The van der Waals surface area contributed by atoms with Crippen LogP contribution >= 0.6 is 22.9 Å². The van der Waals surface area contributed by atoms with Gasteiger partial charge < -0.3 is 10.5 Å². The predicted molar refractivity (Wildman–Crippen MR) is 74.1 cm³/mol. The summed E-state index contributed by atoms with van der Waals surface area (Å²) in [5.74, 6) is 0. The van der Waals surface area contributed by atoms with Gasteiger partial charge in [0.2, 0.25) is 0 Å². The molecule has 0 spiro atoms. The van der Waals surface area contributed by atoms with E-state index in [1.54, 1.807) is 24.6 Å². The highest BCUT2D eigenvalue weighted by atomic mass is 35.5. The topological polar surface area (TPSA) is 53.1 Å². The Labute approximate surface area is 115 Å². The molecule has 0 amide bonds. The van der Waals surface area contributed by atoms with Crippen LogP contribution in [0.3, 0.4) is 0 Å². The highest BCUT2D eigenvalue weighted by Crippen LogP contribution is 2.25. The van der Waals surface area contributed by atoms with Crippen LogP contribution in [0.2, 0.25) is 5.02 Å². The van der Waals surface area contributed by atoms with Gasteiger partial charge in [0.15, 0.2) is 0 Å². The number of hydrogen-bond acceptors (Lipinski definition) is 4. The molecule has 1 unspecified atom stereocenters. The van der Waals surface area contributed by atoms with Gasteiger partial charge >= 0.3 is 0 Å². The summed E-state index contributed by atoms with van der Waals surface area (Å²) in [5, 5.41) is 6.90. The number of rotatable bonds is 6. The van der Waals surface area contributed by atoms with Crippen molar-refractivity contribution in [2.24, 2.45) is 5.73 Å². The summed E-state index contributed by atoms with van der Waals surface area (Å²) in [7, 11) is 1.66. The molecule has 0 bridgehead atoms. The van der Waals surface area contributed by atoms with E-state index in [0.29, 0.717) is 18.2 Å². The average molecular weight is 286 g/mol. The lowest BCUT2D eigenvalue weighted by molar-refractivity contribution is 0.182. The maximum absolute atomic E-state index is 6.22. The number of methoxy groups -OCH3 is 1. The number of ether oxygens (including phenoxy) is 1. The molecule has 0 saturated carbocycles. The number of nitrogens with zero attached hydrogens (tertiary/aromatic N) is 2. The van der Waals surface area contributed by atoms with Crippen molar-refractivity contribution in [3.8, 4) is 0 Å². The van der Waals surface area contributed by atoms with Crippen LogP contribution in [0.4, 0.5) is 0 Å². The summed E-state index contributed by atoms with van der Waals surface area (Å²) in [6, 6.07) is 3.96. The molecule has 2 rings (SSSR count). The molecule has 0 saturated heterocycles. The van der Waals surface area contributed by atoms with Crippen molar-refractivity contribution >= 4 is 22.9 Å². The largest absolute Gasteiger partial charge is 0.383 e. The highest BCUT2D eigenvalue weighted by molar-refractivity contribution is 7.09. The van der Waals surface area contributed by atoms with E-state index in [1.165, 1.54) is 4.88 Å². The maximum Gasteiger partial charge on any atom is 0.0834 e. The molecule has 98 valence electrons. The molecule has 0 aliphatic carbocycles. The molecule has 0 aliphatic rings. The van der Waals surface area contributed by atoms with E-state index in [0.717, 1.165) is 12.1 Å². The first kappa shape index (κ1) is 13.5. The minimum Gasteiger partial charge on any atom is -0.383 e. The van der Waals surface area contributed by atoms with E-state index in [9.17, 15) is 0 Å². The molecular formula is C12H16ClN3OS. The third-order valence-electron chi connectivity index (χ3n) is 2.69. The Bertz CT molecular complexity index is 483. The fraction of sp³-hybridized carbons (Fsp3) is 0.417. The van der Waals surface area contributed by atoms with Crippen molar-refractivity contribution in [1.29, 1.82) is 0 Å². The molecule has 6 heteroatoms. The second-order valence-corrected chi connectivity index (χ2v) is 5.42. The number of thiophene rings is 1. The smallest absolute Gasteiger partial charge is 0.0834 e. The summed E-state index contributed by atoms with van der Waals surface area (Å²) in [6.07, 6.45) is 2.41. The molecule has 0 fully saturated rings. The van der Waals surface area contributed by atoms with Crippen molar-refractivity contribution < 1.29 is 4.74 Å². The lowest BCUT2D eigenvalue weighted by Gasteiger charge is -2.14. The third-order valence-corrected chi connectivity index (χ3v) is 3.88. The fourth-order valence-electron chi connectivity index (χ4n) is 1.84. The van der Waals surface area contributed by atoms with Crippen LogP contribution in [-0.4, -0.2) is 23.5 Å². The van der Waals surface area contributed by atoms with Gasteiger partial charge in [-0.3, -0.25) is 4.68 Å². The van der Waals surface area contributed by atoms with E-state index in [1.807, 2.05) is 16.1 Å². The van der Waals surface area contributed by atoms with Gasteiger partial charge in [-0.05, 0) is 11.4 Å². The van der Waals surface area contributed by atoms with Gasteiger partial charge in [-0.1, -0.05) is 17.7 Å². The van der Waals surface area contributed by atoms with Crippen molar-refractivity contribution in [1.82, 2.24) is 9.78 Å². The molecule has 2 N–H and O–H groups in total. The second-order valence-electron chi connectivity index (χ2n) is 3.98. The average Bonchev–Trinajstić information content (AvgIpc) is 2.96. The molecule has 4 nitrogen and oxygen atoms in total. The highest BCUT2D eigenvalue weighted by Gasteiger charge is 2.17. The van der Waals surface area contributed by atoms with Crippen molar-refractivity contribution in [3.05, 3.63) is 39.3 Å². The van der Waals surface area contributed by atoms with Gasteiger partial charge in [0.1, 0.15) is 0 Å². The second kappa shape index (κ2) is 6.33. The number of aromatic nitrogens is 2. The zero-order valence-electron chi connectivity index (χ0n) is 10.2. The van der Waals surface area contributed by atoms with Crippen LogP contribution in [-0.2, 0) is 17.7 Å². The molecule has 2 heterocycles. The first-order valence-electron chi connectivity index (χ1n) is 5.70.